The first-order valence-corrected chi connectivity index (χ1v) is 5.96. The molecule has 0 aliphatic heterocycles. The second-order valence-electron chi connectivity index (χ2n) is 3.99. The molecule has 1 aromatic rings. The summed E-state index contributed by atoms with van der Waals surface area (Å²) >= 11 is 0. The Bertz CT molecular complexity index is 381. The molecule has 6 nitrogen and oxygen atoms in total. The quantitative estimate of drug-likeness (QED) is 0.629. The molecule has 106 valence electrons. The molecular formula is C13H20N2O4. The van der Waals surface area contributed by atoms with Gasteiger partial charge >= 0.3 is 0 Å². The van der Waals surface area contributed by atoms with Crippen LogP contribution in [0.2, 0.25) is 0 Å². The van der Waals surface area contributed by atoms with E-state index in [1.165, 1.54) is 0 Å². The highest BCUT2D eigenvalue weighted by atomic mass is 16.5. The van der Waals surface area contributed by atoms with Crippen molar-refractivity contribution < 1.29 is 19.4 Å². The van der Waals surface area contributed by atoms with E-state index in [0.29, 0.717) is 12.3 Å². The van der Waals surface area contributed by atoms with Gasteiger partial charge in [-0.2, -0.15) is 0 Å². The minimum absolute atomic E-state index is 0.0797. The summed E-state index contributed by atoms with van der Waals surface area (Å²) in [5.74, 6) is 0.552. The number of aliphatic hydroxyl groups is 1. The van der Waals surface area contributed by atoms with E-state index in [4.69, 9.17) is 14.6 Å². The van der Waals surface area contributed by atoms with E-state index < -0.39 is 0 Å². The van der Waals surface area contributed by atoms with Crippen LogP contribution in [-0.2, 0) is 9.53 Å². The molecule has 1 amide bonds. The van der Waals surface area contributed by atoms with Crippen LogP contribution in [0.3, 0.4) is 0 Å². The maximum Gasteiger partial charge on any atom is 0.238 e. The van der Waals surface area contributed by atoms with Gasteiger partial charge in [-0.25, -0.2) is 0 Å². The van der Waals surface area contributed by atoms with Gasteiger partial charge in [-0.05, 0) is 24.3 Å². The third-order valence-electron chi connectivity index (χ3n) is 2.51. The highest BCUT2D eigenvalue weighted by Gasteiger charge is 2.09. The van der Waals surface area contributed by atoms with Crippen LogP contribution in [-0.4, -0.2) is 51.0 Å². The summed E-state index contributed by atoms with van der Waals surface area (Å²) < 4.78 is 9.93. The maximum absolute atomic E-state index is 11.7. The summed E-state index contributed by atoms with van der Waals surface area (Å²) in [5.41, 5.74) is 0.694. The fourth-order valence-corrected chi connectivity index (χ4v) is 1.49. The lowest BCUT2D eigenvalue weighted by Gasteiger charge is -2.14. The molecule has 0 saturated heterocycles. The van der Waals surface area contributed by atoms with Crippen molar-refractivity contribution in [2.75, 3.05) is 39.3 Å². The fourth-order valence-electron chi connectivity index (χ4n) is 1.49. The summed E-state index contributed by atoms with van der Waals surface area (Å²) in [4.78, 5) is 11.7. The molecule has 19 heavy (non-hydrogen) atoms. The molecule has 0 radical (unpaired) electrons. The van der Waals surface area contributed by atoms with Crippen LogP contribution in [0.4, 0.5) is 5.69 Å². The number of ether oxygens (including phenoxy) is 2. The molecule has 0 aromatic heterocycles. The SMILES string of the molecule is COCC(CO)NCC(=O)Nc1ccc(OC)cc1. The Morgan fingerprint density at radius 2 is 2.00 bits per heavy atom. The number of methoxy groups -OCH3 is 2. The smallest absolute Gasteiger partial charge is 0.238 e. The Labute approximate surface area is 112 Å². The van der Waals surface area contributed by atoms with Crippen molar-refractivity contribution in [3.63, 3.8) is 0 Å². The van der Waals surface area contributed by atoms with Gasteiger partial charge in [0.15, 0.2) is 0 Å². The predicted molar refractivity (Wildman–Crippen MR) is 72.4 cm³/mol. The molecule has 1 aromatic carbocycles. The highest BCUT2D eigenvalue weighted by molar-refractivity contribution is 5.92. The van der Waals surface area contributed by atoms with Crippen LogP contribution in [0.1, 0.15) is 0 Å². The lowest BCUT2D eigenvalue weighted by atomic mass is 10.3. The van der Waals surface area contributed by atoms with E-state index in [0.717, 1.165) is 5.75 Å². The number of carbonyl (C=O) groups excluding carboxylic acids is 1. The molecule has 0 aliphatic rings. The number of aliphatic hydroxyl groups excluding tert-OH is 1. The zero-order valence-electron chi connectivity index (χ0n) is 11.2. The second-order valence-corrected chi connectivity index (χ2v) is 3.99. The summed E-state index contributed by atoms with van der Waals surface area (Å²) in [6.07, 6.45) is 0. The molecule has 0 bridgehead atoms. The van der Waals surface area contributed by atoms with Crippen LogP contribution in [0.15, 0.2) is 24.3 Å². The lowest BCUT2D eigenvalue weighted by Crippen LogP contribution is -2.41. The largest absolute Gasteiger partial charge is 0.497 e. The molecule has 0 saturated carbocycles. The average molecular weight is 268 g/mol. The van der Waals surface area contributed by atoms with Crippen molar-refractivity contribution in [1.29, 1.82) is 0 Å². The van der Waals surface area contributed by atoms with Gasteiger partial charge in [0.1, 0.15) is 5.75 Å². The Morgan fingerprint density at radius 3 is 2.53 bits per heavy atom. The standard InChI is InChI=1S/C13H20N2O4/c1-18-9-11(8-16)14-7-13(17)15-10-3-5-12(19-2)6-4-10/h3-6,11,14,16H,7-9H2,1-2H3,(H,15,17). The molecule has 0 spiro atoms. The second kappa shape index (κ2) is 8.47. The van der Waals surface area contributed by atoms with Gasteiger partial charge in [0, 0.05) is 12.8 Å². The molecule has 0 aliphatic carbocycles. The van der Waals surface area contributed by atoms with Crippen LogP contribution in [0, 0.1) is 0 Å². The number of benzene rings is 1. The summed E-state index contributed by atoms with van der Waals surface area (Å²) in [6, 6.07) is 6.81. The van der Waals surface area contributed by atoms with Crippen LogP contribution < -0.4 is 15.4 Å². The van der Waals surface area contributed by atoms with Crippen molar-refractivity contribution in [3.05, 3.63) is 24.3 Å². The number of hydrogen-bond acceptors (Lipinski definition) is 5. The normalized spacial score (nSPS) is 11.9. The number of rotatable bonds is 8. The first-order valence-electron chi connectivity index (χ1n) is 5.96. The third kappa shape index (κ3) is 5.69. The van der Waals surface area contributed by atoms with Gasteiger partial charge in [0.05, 0.1) is 32.9 Å². The molecule has 0 fully saturated rings. The van der Waals surface area contributed by atoms with Gasteiger partial charge in [-0.15, -0.1) is 0 Å². The summed E-state index contributed by atoms with van der Waals surface area (Å²) in [6.45, 7) is 0.386. The molecule has 1 atom stereocenters. The van der Waals surface area contributed by atoms with E-state index in [9.17, 15) is 4.79 Å². The first-order chi connectivity index (χ1) is 9.19. The molecule has 1 rings (SSSR count). The van der Waals surface area contributed by atoms with E-state index in [1.807, 2.05) is 0 Å². The number of carbonyl (C=O) groups is 1. The molecule has 3 N–H and O–H groups in total. The van der Waals surface area contributed by atoms with E-state index in [1.54, 1.807) is 38.5 Å². The monoisotopic (exact) mass is 268 g/mol. The Balaban J connectivity index is 2.37. The Morgan fingerprint density at radius 1 is 1.32 bits per heavy atom. The van der Waals surface area contributed by atoms with Gasteiger partial charge in [0.2, 0.25) is 5.91 Å². The van der Waals surface area contributed by atoms with Gasteiger partial charge in [-0.3, -0.25) is 4.79 Å². The summed E-state index contributed by atoms with van der Waals surface area (Å²) in [7, 11) is 3.13. The zero-order chi connectivity index (χ0) is 14.1. The molecule has 6 heteroatoms. The zero-order valence-corrected chi connectivity index (χ0v) is 11.2. The highest BCUT2D eigenvalue weighted by Crippen LogP contribution is 2.14. The predicted octanol–water partition coefficient (Wildman–Crippen LogP) is 0.231. The topological polar surface area (TPSA) is 79.8 Å². The number of anilines is 1. The van der Waals surface area contributed by atoms with Crippen molar-refractivity contribution in [3.8, 4) is 5.75 Å². The van der Waals surface area contributed by atoms with Crippen molar-refractivity contribution in [1.82, 2.24) is 5.32 Å². The van der Waals surface area contributed by atoms with Gasteiger partial charge in [-0.1, -0.05) is 0 Å². The fraction of sp³-hybridized carbons (Fsp3) is 0.462. The third-order valence-corrected chi connectivity index (χ3v) is 2.51. The molecular weight excluding hydrogens is 248 g/mol. The van der Waals surface area contributed by atoms with Crippen molar-refractivity contribution in [2.45, 2.75) is 6.04 Å². The van der Waals surface area contributed by atoms with Crippen LogP contribution in [0.25, 0.3) is 0 Å². The van der Waals surface area contributed by atoms with E-state index in [2.05, 4.69) is 10.6 Å². The van der Waals surface area contributed by atoms with Gasteiger partial charge in [0.25, 0.3) is 0 Å². The van der Waals surface area contributed by atoms with Crippen LogP contribution in [0.5, 0.6) is 5.75 Å². The summed E-state index contributed by atoms with van der Waals surface area (Å²) in [5, 5.41) is 14.7. The Hall–Kier alpha value is -1.63. The first kappa shape index (κ1) is 15.4. The maximum atomic E-state index is 11.7. The molecule has 0 heterocycles. The van der Waals surface area contributed by atoms with E-state index in [-0.39, 0.29) is 25.1 Å². The number of amides is 1. The minimum atomic E-state index is -0.244. The minimum Gasteiger partial charge on any atom is -0.497 e. The Kier molecular flexibility index (Phi) is 6.88. The van der Waals surface area contributed by atoms with Crippen LogP contribution >= 0.6 is 0 Å². The number of nitrogens with one attached hydrogen (secondary N) is 2. The van der Waals surface area contributed by atoms with E-state index >= 15 is 0 Å². The average Bonchev–Trinajstić information content (AvgIpc) is 2.44. The van der Waals surface area contributed by atoms with Crippen molar-refractivity contribution in [2.24, 2.45) is 0 Å². The molecule has 1 unspecified atom stereocenters. The number of hydrogen-bond donors (Lipinski definition) is 3. The lowest BCUT2D eigenvalue weighted by molar-refractivity contribution is -0.115. The van der Waals surface area contributed by atoms with Crippen molar-refractivity contribution >= 4 is 11.6 Å². The van der Waals surface area contributed by atoms with Gasteiger partial charge < -0.3 is 25.2 Å².